The van der Waals surface area contributed by atoms with Gasteiger partial charge in [-0.1, -0.05) is 53.0 Å². The lowest BCUT2D eigenvalue weighted by Crippen LogP contribution is -2.40. The highest BCUT2D eigenvalue weighted by Gasteiger charge is 2.36. The molecule has 0 aliphatic rings. The van der Waals surface area contributed by atoms with E-state index in [-0.39, 0.29) is 0 Å². The summed E-state index contributed by atoms with van der Waals surface area (Å²) in [7, 11) is 0. The molecular weight excluding hydrogens is 318 g/mol. The number of para-hydroxylation sites is 1. The SMILES string of the molecule is O=C(Nc1ccccc1)OC(CN([O-])O)C(Cl)(Cl)Cl. The molecule has 0 saturated heterocycles. The summed E-state index contributed by atoms with van der Waals surface area (Å²) in [5.74, 6) is 0. The van der Waals surface area contributed by atoms with Crippen LogP contribution in [0.5, 0.6) is 0 Å². The van der Waals surface area contributed by atoms with Crippen LogP contribution in [0.15, 0.2) is 30.3 Å². The Balaban J connectivity index is 2.61. The van der Waals surface area contributed by atoms with E-state index < -0.39 is 27.8 Å². The van der Waals surface area contributed by atoms with Gasteiger partial charge in [-0.3, -0.25) is 10.5 Å². The zero-order chi connectivity index (χ0) is 14.5. The fraction of sp³-hybridized carbons (Fsp3) is 0.300. The maximum absolute atomic E-state index is 11.5. The van der Waals surface area contributed by atoms with E-state index in [1.807, 2.05) is 0 Å². The maximum Gasteiger partial charge on any atom is 0.412 e. The highest BCUT2D eigenvalue weighted by Crippen LogP contribution is 2.32. The number of hydrogen-bond acceptors (Lipinski definition) is 5. The molecule has 19 heavy (non-hydrogen) atoms. The summed E-state index contributed by atoms with van der Waals surface area (Å²) in [6, 6.07) is 8.42. The number of nitrogens with one attached hydrogen (secondary N) is 1. The van der Waals surface area contributed by atoms with Crippen molar-refractivity contribution in [2.45, 2.75) is 9.90 Å². The van der Waals surface area contributed by atoms with Gasteiger partial charge < -0.3 is 15.2 Å². The first-order valence-electron chi connectivity index (χ1n) is 5.02. The third kappa shape index (κ3) is 6.29. The number of amides is 1. The van der Waals surface area contributed by atoms with Crippen molar-refractivity contribution in [2.75, 3.05) is 11.9 Å². The van der Waals surface area contributed by atoms with E-state index in [0.717, 1.165) is 0 Å². The molecule has 106 valence electrons. The number of halogens is 3. The van der Waals surface area contributed by atoms with E-state index in [9.17, 15) is 10.0 Å². The number of ether oxygens (including phenoxy) is 1. The predicted molar refractivity (Wildman–Crippen MR) is 72.5 cm³/mol. The fourth-order valence-corrected chi connectivity index (χ4v) is 1.49. The van der Waals surface area contributed by atoms with Gasteiger partial charge in [-0.25, -0.2) is 4.79 Å². The van der Waals surface area contributed by atoms with Crippen LogP contribution >= 0.6 is 34.8 Å². The average Bonchev–Trinajstić information content (AvgIpc) is 2.27. The molecule has 0 spiro atoms. The van der Waals surface area contributed by atoms with Crippen LogP contribution in [0.1, 0.15) is 0 Å². The van der Waals surface area contributed by atoms with Crippen LogP contribution in [-0.2, 0) is 4.74 Å². The number of hydrogen-bond donors (Lipinski definition) is 2. The number of anilines is 1. The van der Waals surface area contributed by atoms with E-state index in [4.69, 9.17) is 44.7 Å². The van der Waals surface area contributed by atoms with Crippen molar-refractivity contribution in [3.63, 3.8) is 0 Å². The second-order valence-electron chi connectivity index (χ2n) is 3.46. The quantitative estimate of drug-likeness (QED) is 0.655. The Bertz CT molecular complexity index is 411. The van der Waals surface area contributed by atoms with Crippen LogP contribution < -0.4 is 5.32 Å². The normalized spacial score (nSPS) is 13.2. The van der Waals surface area contributed by atoms with E-state index in [1.54, 1.807) is 30.3 Å². The number of carbonyl (C=O) groups excluding carboxylic acids is 1. The number of rotatable bonds is 4. The molecule has 1 unspecified atom stereocenters. The monoisotopic (exact) mass is 327 g/mol. The largest absolute Gasteiger partial charge is 0.762 e. The number of benzene rings is 1. The first-order chi connectivity index (χ1) is 8.79. The Morgan fingerprint density at radius 2 is 2.00 bits per heavy atom. The summed E-state index contributed by atoms with van der Waals surface area (Å²) in [5, 5.41) is 21.0. The summed E-state index contributed by atoms with van der Waals surface area (Å²) in [6.45, 7) is -0.696. The Hall–Kier alpha value is -0.760. The highest BCUT2D eigenvalue weighted by molar-refractivity contribution is 6.68. The standard InChI is InChI=1S/C10H10Cl3N2O4/c11-10(12,13)8(6-15(17)18)19-9(16)14-7-4-2-1-3-5-7/h1-5,8,17H,6H2,(H,14,16)/q-1. The third-order valence-corrected chi connectivity index (χ3v) is 2.69. The number of nitrogens with zero attached hydrogens (tertiary/aromatic N) is 1. The summed E-state index contributed by atoms with van der Waals surface area (Å²) in [6.07, 6.45) is -2.34. The molecule has 0 radical (unpaired) electrons. The zero-order valence-corrected chi connectivity index (χ0v) is 11.7. The first kappa shape index (κ1) is 16.3. The predicted octanol–water partition coefficient (Wildman–Crippen LogP) is 3.16. The minimum Gasteiger partial charge on any atom is -0.762 e. The smallest absolute Gasteiger partial charge is 0.412 e. The summed E-state index contributed by atoms with van der Waals surface area (Å²) in [5.41, 5.74) is 0.471. The van der Waals surface area contributed by atoms with Crippen molar-refractivity contribution < 1.29 is 14.7 Å². The lowest BCUT2D eigenvalue weighted by Gasteiger charge is -2.30. The minimum atomic E-state index is -2.04. The van der Waals surface area contributed by atoms with E-state index in [0.29, 0.717) is 5.69 Å². The molecule has 0 heterocycles. The van der Waals surface area contributed by atoms with Crippen molar-refractivity contribution in [2.24, 2.45) is 0 Å². The third-order valence-electron chi connectivity index (χ3n) is 1.96. The molecule has 1 rings (SSSR count). The Labute approximate surface area is 124 Å². The van der Waals surface area contributed by atoms with E-state index in [1.165, 1.54) is 0 Å². The molecule has 0 bridgehead atoms. The summed E-state index contributed by atoms with van der Waals surface area (Å²) >= 11 is 16.6. The van der Waals surface area contributed by atoms with Gasteiger partial charge in [-0.15, -0.1) is 0 Å². The van der Waals surface area contributed by atoms with Crippen molar-refractivity contribution in [3.8, 4) is 0 Å². The maximum atomic E-state index is 11.5. The molecule has 0 aliphatic heterocycles. The Kier molecular flexibility index (Phi) is 6.12. The number of carbonyl (C=O) groups is 1. The molecule has 1 atom stereocenters. The molecule has 9 heteroatoms. The molecule has 1 aromatic carbocycles. The van der Waals surface area contributed by atoms with Gasteiger partial charge in [0.1, 0.15) is 0 Å². The lowest BCUT2D eigenvalue weighted by atomic mass is 10.3. The molecule has 1 amide bonds. The van der Waals surface area contributed by atoms with Gasteiger partial charge in [0, 0.05) is 5.69 Å². The molecular formula is C10H10Cl3N2O4-. The molecule has 0 aliphatic carbocycles. The summed E-state index contributed by atoms with van der Waals surface area (Å²) in [4.78, 5) is 11.5. The summed E-state index contributed by atoms with van der Waals surface area (Å²) < 4.78 is 2.74. The topological polar surface area (TPSA) is 84.9 Å². The number of alkyl halides is 3. The van der Waals surface area contributed by atoms with Crippen molar-refractivity contribution in [3.05, 3.63) is 35.5 Å². The fourth-order valence-electron chi connectivity index (χ4n) is 1.15. The second kappa shape index (κ2) is 7.14. The molecule has 1 aromatic rings. The van der Waals surface area contributed by atoms with E-state index >= 15 is 0 Å². The first-order valence-corrected chi connectivity index (χ1v) is 6.15. The van der Waals surface area contributed by atoms with Gasteiger partial charge in [0.05, 0.1) is 6.54 Å². The number of hydroxylamine groups is 2. The Morgan fingerprint density at radius 1 is 1.42 bits per heavy atom. The van der Waals surface area contributed by atoms with Crippen LogP contribution in [0.2, 0.25) is 0 Å². The van der Waals surface area contributed by atoms with E-state index in [2.05, 4.69) is 5.32 Å². The second-order valence-corrected chi connectivity index (χ2v) is 5.83. The van der Waals surface area contributed by atoms with Gasteiger partial charge in [-0.2, -0.15) is 0 Å². The molecule has 0 fully saturated rings. The van der Waals surface area contributed by atoms with Crippen LogP contribution in [0, 0.1) is 5.21 Å². The molecule has 6 nitrogen and oxygen atoms in total. The average molecular weight is 329 g/mol. The van der Waals surface area contributed by atoms with Crippen LogP contribution in [0.25, 0.3) is 0 Å². The highest BCUT2D eigenvalue weighted by atomic mass is 35.6. The van der Waals surface area contributed by atoms with Gasteiger partial charge in [0.2, 0.25) is 3.79 Å². The van der Waals surface area contributed by atoms with Gasteiger partial charge in [0.25, 0.3) is 0 Å². The van der Waals surface area contributed by atoms with Gasteiger partial charge in [-0.05, 0) is 12.1 Å². The molecule has 2 N–H and O–H groups in total. The van der Waals surface area contributed by atoms with Crippen LogP contribution in [0.3, 0.4) is 0 Å². The van der Waals surface area contributed by atoms with Gasteiger partial charge in [0.15, 0.2) is 6.10 Å². The molecule has 0 aromatic heterocycles. The van der Waals surface area contributed by atoms with Crippen LogP contribution in [-0.4, -0.2) is 33.0 Å². The Morgan fingerprint density at radius 3 is 2.47 bits per heavy atom. The van der Waals surface area contributed by atoms with Crippen molar-refractivity contribution in [1.29, 1.82) is 0 Å². The minimum absolute atomic E-state index is 0.471. The van der Waals surface area contributed by atoms with Gasteiger partial charge >= 0.3 is 6.09 Å². The zero-order valence-electron chi connectivity index (χ0n) is 9.42. The van der Waals surface area contributed by atoms with Crippen molar-refractivity contribution >= 4 is 46.6 Å². The van der Waals surface area contributed by atoms with Crippen molar-refractivity contribution in [1.82, 2.24) is 5.23 Å². The molecule has 0 saturated carbocycles. The van der Waals surface area contributed by atoms with Crippen LogP contribution in [0.4, 0.5) is 10.5 Å². The lowest BCUT2D eigenvalue weighted by molar-refractivity contribution is -0.0685.